The fraction of sp³-hybridized carbons (Fsp3) is 0.222. The maximum Gasteiger partial charge on any atom is 0.236 e. The monoisotopic (exact) mass is 312 g/mol. The van der Waals surface area contributed by atoms with Crippen LogP contribution in [0.25, 0.3) is 0 Å². The van der Waals surface area contributed by atoms with Gasteiger partial charge < -0.3 is 15.8 Å². The molecule has 1 atom stereocenters. The highest BCUT2D eigenvalue weighted by Crippen LogP contribution is 2.29. The Bertz CT molecular complexity index is 654. The van der Waals surface area contributed by atoms with Gasteiger partial charge in [0, 0.05) is 12.3 Å². The van der Waals surface area contributed by atoms with E-state index in [1.165, 1.54) is 0 Å². The third kappa shape index (κ3) is 4.85. The molecule has 23 heavy (non-hydrogen) atoms. The maximum absolute atomic E-state index is 12.1. The van der Waals surface area contributed by atoms with Crippen molar-refractivity contribution >= 4 is 11.8 Å². The van der Waals surface area contributed by atoms with E-state index in [0.717, 1.165) is 16.9 Å². The molecule has 0 fully saturated rings. The van der Waals surface area contributed by atoms with Crippen LogP contribution in [0.4, 0.5) is 0 Å². The Morgan fingerprint density at radius 3 is 2.22 bits per heavy atom. The van der Waals surface area contributed by atoms with Gasteiger partial charge in [-0.2, -0.15) is 0 Å². The maximum atomic E-state index is 12.1. The molecule has 0 heterocycles. The predicted molar refractivity (Wildman–Crippen MR) is 88.1 cm³/mol. The number of hydrogen-bond donors (Lipinski definition) is 2. The van der Waals surface area contributed by atoms with Crippen LogP contribution in [0.15, 0.2) is 54.6 Å². The second kappa shape index (κ2) is 7.98. The summed E-state index contributed by atoms with van der Waals surface area (Å²) in [6.45, 7) is -0.150. The largest absolute Gasteiger partial charge is 0.497 e. The Morgan fingerprint density at radius 1 is 1.04 bits per heavy atom. The first kappa shape index (κ1) is 16.5. The van der Waals surface area contributed by atoms with Crippen molar-refractivity contribution in [3.8, 4) is 5.75 Å². The van der Waals surface area contributed by atoms with Crippen LogP contribution in [0.3, 0.4) is 0 Å². The lowest BCUT2D eigenvalue weighted by molar-refractivity contribution is -0.124. The third-order valence-electron chi connectivity index (χ3n) is 3.57. The van der Waals surface area contributed by atoms with E-state index >= 15 is 0 Å². The van der Waals surface area contributed by atoms with Gasteiger partial charge in [-0.1, -0.05) is 42.5 Å². The number of primary amides is 1. The van der Waals surface area contributed by atoms with Crippen molar-refractivity contribution in [3.63, 3.8) is 0 Å². The highest BCUT2D eigenvalue weighted by Gasteiger charge is 2.18. The van der Waals surface area contributed by atoms with Crippen molar-refractivity contribution in [3.05, 3.63) is 65.7 Å². The van der Waals surface area contributed by atoms with Gasteiger partial charge in [0.05, 0.1) is 13.7 Å². The number of nitrogens with two attached hydrogens (primary N) is 1. The van der Waals surface area contributed by atoms with Crippen LogP contribution in [0.5, 0.6) is 5.75 Å². The van der Waals surface area contributed by atoms with Gasteiger partial charge in [-0.3, -0.25) is 9.59 Å². The van der Waals surface area contributed by atoms with E-state index in [4.69, 9.17) is 10.5 Å². The number of nitrogens with one attached hydrogen (secondary N) is 1. The second-order valence-electron chi connectivity index (χ2n) is 5.18. The normalized spacial score (nSPS) is 11.5. The van der Waals surface area contributed by atoms with Crippen molar-refractivity contribution in [2.75, 3.05) is 13.7 Å². The standard InChI is InChI=1S/C18H20N2O3/c1-23-15-9-7-14(8-10-15)16(13-5-3-2-4-6-13)11-18(22)20-12-17(19)21/h2-10,16H,11-12H2,1H3,(H2,19,21)(H,20,22). The van der Waals surface area contributed by atoms with E-state index in [0.29, 0.717) is 0 Å². The molecule has 3 N–H and O–H groups in total. The highest BCUT2D eigenvalue weighted by molar-refractivity contribution is 5.84. The Labute approximate surface area is 135 Å². The van der Waals surface area contributed by atoms with Crippen LogP contribution < -0.4 is 15.8 Å². The molecule has 120 valence electrons. The van der Waals surface area contributed by atoms with E-state index < -0.39 is 5.91 Å². The van der Waals surface area contributed by atoms with Gasteiger partial charge in [-0.05, 0) is 23.3 Å². The number of amides is 2. The Morgan fingerprint density at radius 2 is 1.65 bits per heavy atom. The molecule has 0 saturated heterocycles. The predicted octanol–water partition coefficient (Wildman–Crippen LogP) is 1.82. The van der Waals surface area contributed by atoms with Crippen molar-refractivity contribution in [1.82, 2.24) is 5.32 Å². The molecule has 2 amide bonds. The lowest BCUT2D eigenvalue weighted by Gasteiger charge is -2.18. The summed E-state index contributed by atoms with van der Waals surface area (Å²) < 4.78 is 5.17. The number of carbonyl (C=O) groups excluding carboxylic acids is 2. The second-order valence-corrected chi connectivity index (χ2v) is 5.18. The quantitative estimate of drug-likeness (QED) is 0.818. The van der Waals surface area contributed by atoms with E-state index in [1.807, 2.05) is 54.6 Å². The molecule has 0 aliphatic carbocycles. The Balaban J connectivity index is 2.21. The van der Waals surface area contributed by atoms with Crippen LogP contribution in [0.1, 0.15) is 23.5 Å². The summed E-state index contributed by atoms with van der Waals surface area (Å²) in [5.74, 6) is -0.110. The summed E-state index contributed by atoms with van der Waals surface area (Å²) in [4.78, 5) is 22.9. The van der Waals surface area contributed by atoms with Crippen molar-refractivity contribution < 1.29 is 14.3 Å². The zero-order valence-electron chi connectivity index (χ0n) is 13.0. The molecular weight excluding hydrogens is 292 g/mol. The average molecular weight is 312 g/mol. The van der Waals surface area contributed by atoms with Crippen molar-refractivity contribution in [1.29, 1.82) is 0 Å². The number of hydrogen-bond acceptors (Lipinski definition) is 3. The smallest absolute Gasteiger partial charge is 0.236 e. The molecule has 0 bridgehead atoms. The van der Waals surface area contributed by atoms with Crippen LogP contribution in [-0.2, 0) is 9.59 Å². The van der Waals surface area contributed by atoms with E-state index in [1.54, 1.807) is 7.11 Å². The molecule has 5 heteroatoms. The number of methoxy groups -OCH3 is 1. The van der Waals surface area contributed by atoms with Gasteiger partial charge in [0.2, 0.25) is 11.8 Å². The van der Waals surface area contributed by atoms with Gasteiger partial charge in [0.15, 0.2) is 0 Å². The fourth-order valence-electron chi connectivity index (χ4n) is 2.39. The molecular formula is C18H20N2O3. The van der Waals surface area contributed by atoms with Crippen LogP contribution in [-0.4, -0.2) is 25.5 Å². The summed E-state index contributed by atoms with van der Waals surface area (Å²) in [6.07, 6.45) is 0.240. The summed E-state index contributed by atoms with van der Waals surface area (Å²) >= 11 is 0. The molecule has 0 spiro atoms. The molecule has 0 aliphatic heterocycles. The molecule has 2 aromatic rings. The van der Waals surface area contributed by atoms with Gasteiger partial charge in [0.25, 0.3) is 0 Å². The number of ether oxygens (including phenoxy) is 1. The molecule has 5 nitrogen and oxygen atoms in total. The highest BCUT2D eigenvalue weighted by atomic mass is 16.5. The molecule has 1 unspecified atom stereocenters. The van der Waals surface area contributed by atoms with Crippen LogP contribution in [0, 0.1) is 0 Å². The van der Waals surface area contributed by atoms with Gasteiger partial charge in [-0.15, -0.1) is 0 Å². The molecule has 0 aromatic heterocycles. The minimum Gasteiger partial charge on any atom is -0.497 e. The fourth-order valence-corrected chi connectivity index (χ4v) is 2.39. The van der Waals surface area contributed by atoms with Gasteiger partial charge >= 0.3 is 0 Å². The average Bonchev–Trinajstić information content (AvgIpc) is 2.59. The summed E-state index contributed by atoms with van der Waals surface area (Å²) in [5.41, 5.74) is 7.10. The van der Waals surface area contributed by atoms with Crippen LogP contribution >= 0.6 is 0 Å². The van der Waals surface area contributed by atoms with Gasteiger partial charge in [-0.25, -0.2) is 0 Å². The Kier molecular flexibility index (Phi) is 5.74. The Hall–Kier alpha value is -2.82. The van der Waals surface area contributed by atoms with E-state index in [2.05, 4.69) is 5.32 Å². The molecule has 0 radical (unpaired) electrons. The number of benzene rings is 2. The third-order valence-corrected chi connectivity index (χ3v) is 3.57. The SMILES string of the molecule is COc1ccc(C(CC(=O)NCC(N)=O)c2ccccc2)cc1. The molecule has 0 saturated carbocycles. The molecule has 2 rings (SSSR count). The topological polar surface area (TPSA) is 81.4 Å². The minimum atomic E-state index is -0.556. The van der Waals surface area contributed by atoms with Crippen molar-refractivity contribution in [2.45, 2.75) is 12.3 Å². The van der Waals surface area contributed by atoms with Gasteiger partial charge in [0.1, 0.15) is 5.75 Å². The molecule has 0 aliphatic rings. The lowest BCUT2D eigenvalue weighted by atomic mass is 9.88. The van der Waals surface area contributed by atoms with Crippen molar-refractivity contribution in [2.24, 2.45) is 5.73 Å². The summed E-state index contributed by atoms with van der Waals surface area (Å²) in [5, 5.41) is 2.54. The summed E-state index contributed by atoms with van der Waals surface area (Å²) in [6, 6.07) is 17.4. The summed E-state index contributed by atoms with van der Waals surface area (Å²) in [7, 11) is 1.61. The molecule has 2 aromatic carbocycles. The van der Waals surface area contributed by atoms with E-state index in [-0.39, 0.29) is 24.8 Å². The zero-order valence-corrected chi connectivity index (χ0v) is 13.0. The lowest BCUT2D eigenvalue weighted by Crippen LogP contribution is -2.34. The zero-order chi connectivity index (χ0) is 16.7. The van der Waals surface area contributed by atoms with Crippen LogP contribution in [0.2, 0.25) is 0 Å². The first-order valence-corrected chi connectivity index (χ1v) is 7.34. The number of carbonyl (C=O) groups is 2. The van der Waals surface area contributed by atoms with E-state index in [9.17, 15) is 9.59 Å². The first-order chi connectivity index (χ1) is 11.1. The number of rotatable bonds is 7. The minimum absolute atomic E-state index is 0.102. The first-order valence-electron chi connectivity index (χ1n) is 7.34.